The van der Waals surface area contributed by atoms with E-state index in [0.29, 0.717) is 10.8 Å². The van der Waals surface area contributed by atoms with E-state index in [0.717, 1.165) is 11.4 Å². The summed E-state index contributed by atoms with van der Waals surface area (Å²) in [5.41, 5.74) is 2.38. The van der Waals surface area contributed by atoms with Gasteiger partial charge in [-0.2, -0.15) is 0 Å². The van der Waals surface area contributed by atoms with Crippen LogP contribution in [0.15, 0.2) is 35.6 Å². The average molecular weight is 305 g/mol. The number of imidazole rings is 1. The van der Waals surface area contributed by atoms with Crippen molar-refractivity contribution in [2.24, 2.45) is 0 Å². The van der Waals surface area contributed by atoms with Crippen LogP contribution in [0.25, 0.3) is 5.69 Å². The molecule has 2 aromatic rings. The highest BCUT2D eigenvalue weighted by molar-refractivity contribution is 7.99. The molecule has 0 spiro atoms. The first-order valence-corrected chi connectivity index (χ1v) is 7.23. The van der Waals surface area contributed by atoms with Gasteiger partial charge < -0.3 is 10.4 Å². The van der Waals surface area contributed by atoms with Gasteiger partial charge in [-0.1, -0.05) is 11.8 Å². The topological polar surface area (TPSA) is 84.2 Å². The minimum atomic E-state index is -0.881. The van der Waals surface area contributed by atoms with Crippen molar-refractivity contribution in [2.75, 3.05) is 11.1 Å². The van der Waals surface area contributed by atoms with Crippen LogP contribution < -0.4 is 5.32 Å². The quantitative estimate of drug-likeness (QED) is 0.828. The number of hydrogen-bond acceptors (Lipinski definition) is 4. The summed E-state index contributed by atoms with van der Waals surface area (Å²) in [6, 6.07) is 7.27. The van der Waals surface area contributed by atoms with Crippen molar-refractivity contribution in [1.29, 1.82) is 0 Å². The molecule has 21 heavy (non-hydrogen) atoms. The Bertz CT molecular complexity index is 665. The number of aryl methyl sites for hydroxylation is 1. The molecule has 0 unspecified atom stereocenters. The highest BCUT2D eigenvalue weighted by atomic mass is 32.2. The molecule has 0 aliphatic carbocycles. The fourth-order valence-corrected chi connectivity index (χ4v) is 2.56. The standard InChI is InChI=1S/C14H15N3O3S/c1-9-7-17(14(15-9)21-8-13(19)20)12-5-3-11(4-6-12)16-10(2)18/h3-7H,8H2,1-2H3,(H,16,18)(H,19,20). The van der Waals surface area contributed by atoms with E-state index in [1.54, 1.807) is 12.1 Å². The van der Waals surface area contributed by atoms with Gasteiger partial charge in [0.1, 0.15) is 0 Å². The number of aromatic nitrogens is 2. The molecule has 0 saturated heterocycles. The summed E-state index contributed by atoms with van der Waals surface area (Å²) in [5, 5.41) is 12.1. The maximum Gasteiger partial charge on any atom is 0.313 e. The molecular formula is C14H15N3O3S. The lowest BCUT2D eigenvalue weighted by molar-refractivity contribution is -0.133. The Morgan fingerprint density at radius 2 is 2.00 bits per heavy atom. The first-order chi connectivity index (χ1) is 9.95. The largest absolute Gasteiger partial charge is 0.481 e. The van der Waals surface area contributed by atoms with Gasteiger partial charge in [-0.15, -0.1) is 0 Å². The van der Waals surface area contributed by atoms with Crippen LogP contribution in [-0.2, 0) is 9.59 Å². The number of carboxylic acids is 1. The number of carbonyl (C=O) groups excluding carboxylic acids is 1. The van der Waals surface area contributed by atoms with Crippen molar-refractivity contribution in [3.05, 3.63) is 36.2 Å². The number of hydrogen-bond donors (Lipinski definition) is 2. The molecule has 0 aliphatic heterocycles. The van der Waals surface area contributed by atoms with Gasteiger partial charge >= 0.3 is 5.97 Å². The molecule has 1 aromatic carbocycles. The zero-order valence-corrected chi connectivity index (χ0v) is 12.5. The van der Waals surface area contributed by atoms with Crippen molar-refractivity contribution in [3.8, 4) is 5.69 Å². The molecule has 110 valence electrons. The van der Waals surface area contributed by atoms with Crippen molar-refractivity contribution < 1.29 is 14.7 Å². The van der Waals surface area contributed by atoms with Crippen molar-refractivity contribution in [1.82, 2.24) is 9.55 Å². The number of amides is 1. The SMILES string of the molecule is CC(=O)Nc1ccc(-n2cc(C)nc2SCC(=O)O)cc1. The number of benzene rings is 1. The number of nitrogens with zero attached hydrogens (tertiary/aromatic N) is 2. The summed E-state index contributed by atoms with van der Waals surface area (Å²) < 4.78 is 1.83. The van der Waals surface area contributed by atoms with Crippen LogP contribution >= 0.6 is 11.8 Å². The molecule has 1 heterocycles. The van der Waals surface area contributed by atoms with E-state index in [1.807, 2.05) is 29.8 Å². The lowest BCUT2D eigenvalue weighted by atomic mass is 10.2. The van der Waals surface area contributed by atoms with E-state index in [4.69, 9.17) is 5.11 Å². The molecule has 0 atom stereocenters. The molecule has 2 rings (SSSR count). The molecule has 0 saturated carbocycles. The smallest absolute Gasteiger partial charge is 0.313 e. The fraction of sp³-hybridized carbons (Fsp3) is 0.214. The molecule has 1 aromatic heterocycles. The summed E-state index contributed by atoms with van der Waals surface area (Å²) in [7, 11) is 0. The van der Waals surface area contributed by atoms with E-state index >= 15 is 0 Å². The Labute approximate surface area is 126 Å². The molecule has 2 N–H and O–H groups in total. The summed E-state index contributed by atoms with van der Waals surface area (Å²) in [5.74, 6) is -1.05. The van der Waals surface area contributed by atoms with E-state index in [1.165, 1.54) is 18.7 Å². The lowest BCUT2D eigenvalue weighted by Gasteiger charge is -2.08. The van der Waals surface area contributed by atoms with Crippen LogP contribution in [0.4, 0.5) is 5.69 Å². The molecule has 0 radical (unpaired) electrons. The number of aliphatic carboxylic acids is 1. The molecule has 0 bridgehead atoms. The lowest BCUT2D eigenvalue weighted by Crippen LogP contribution is -2.06. The minimum Gasteiger partial charge on any atom is -0.481 e. The zero-order chi connectivity index (χ0) is 15.4. The molecule has 1 amide bonds. The first-order valence-electron chi connectivity index (χ1n) is 6.24. The number of thioether (sulfide) groups is 1. The minimum absolute atomic E-state index is 0.0412. The van der Waals surface area contributed by atoms with Gasteiger partial charge in [-0.3, -0.25) is 14.2 Å². The number of carbonyl (C=O) groups is 2. The highest BCUT2D eigenvalue weighted by Gasteiger charge is 2.10. The molecule has 0 aliphatic rings. The second-order valence-corrected chi connectivity index (χ2v) is 5.39. The van der Waals surface area contributed by atoms with Gasteiger partial charge in [0, 0.05) is 24.5 Å². The van der Waals surface area contributed by atoms with E-state index < -0.39 is 5.97 Å². The van der Waals surface area contributed by atoms with E-state index in [2.05, 4.69) is 10.3 Å². The van der Waals surface area contributed by atoms with Crippen LogP contribution in [0.5, 0.6) is 0 Å². The van der Waals surface area contributed by atoms with Crippen molar-refractivity contribution in [2.45, 2.75) is 19.0 Å². The molecule has 7 heteroatoms. The number of anilines is 1. The Kier molecular flexibility index (Phi) is 4.64. The maximum absolute atomic E-state index is 11.0. The first kappa shape index (κ1) is 15.1. The Balaban J connectivity index is 2.24. The van der Waals surface area contributed by atoms with E-state index in [9.17, 15) is 9.59 Å². The van der Waals surface area contributed by atoms with Crippen molar-refractivity contribution in [3.63, 3.8) is 0 Å². The Morgan fingerprint density at radius 3 is 2.57 bits per heavy atom. The third-order valence-corrected chi connectivity index (χ3v) is 3.52. The molecule has 6 nitrogen and oxygen atoms in total. The van der Waals surface area contributed by atoms with Gasteiger partial charge in [0.05, 0.1) is 11.4 Å². The highest BCUT2D eigenvalue weighted by Crippen LogP contribution is 2.23. The third kappa shape index (κ3) is 4.09. The fourth-order valence-electron chi connectivity index (χ4n) is 1.80. The second-order valence-electron chi connectivity index (χ2n) is 4.45. The van der Waals surface area contributed by atoms with E-state index in [-0.39, 0.29) is 11.7 Å². The third-order valence-electron chi connectivity index (χ3n) is 2.58. The Morgan fingerprint density at radius 1 is 1.33 bits per heavy atom. The number of carboxylic acid groups (broad SMARTS) is 1. The van der Waals surface area contributed by atoms with Crippen molar-refractivity contribution >= 4 is 29.3 Å². The van der Waals surface area contributed by atoms with Crippen LogP contribution in [0.3, 0.4) is 0 Å². The average Bonchev–Trinajstić information content (AvgIpc) is 2.78. The molecular weight excluding hydrogens is 290 g/mol. The van der Waals surface area contributed by atoms with Gasteiger partial charge in [0.25, 0.3) is 0 Å². The predicted molar refractivity (Wildman–Crippen MR) is 81.0 cm³/mol. The molecule has 0 fully saturated rings. The van der Waals surface area contributed by atoms with Crippen LogP contribution in [0, 0.1) is 6.92 Å². The number of nitrogens with one attached hydrogen (secondary N) is 1. The van der Waals surface area contributed by atoms with Gasteiger partial charge in [0.2, 0.25) is 5.91 Å². The van der Waals surface area contributed by atoms with Crippen LogP contribution in [-0.4, -0.2) is 32.3 Å². The second kappa shape index (κ2) is 6.45. The maximum atomic E-state index is 11.0. The summed E-state index contributed by atoms with van der Waals surface area (Å²) in [6.45, 7) is 3.31. The van der Waals surface area contributed by atoms with Gasteiger partial charge in [-0.25, -0.2) is 4.98 Å². The summed E-state index contributed by atoms with van der Waals surface area (Å²) >= 11 is 1.17. The van der Waals surface area contributed by atoms with Gasteiger partial charge in [-0.05, 0) is 31.2 Å². The monoisotopic (exact) mass is 305 g/mol. The predicted octanol–water partition coefficient (Wildman–Crippen LogP) is 2.32. The normalized spacial score (nSPS) is 10.4. The number of rotatable bonds is 5. The van der Waals surface area contributed by atoms with Crippen LogP contribution in [0.2, 0.25) is 0 Å². The summed E-state index contributed by atoms with van der Waals surface area (Å²) in [4.78, 5) is 26.0. The Hall–Kier alpha value is -2.28. The summed E-state index contributed by atoms with van der Waals surface area (Å²) in [6.07, 6.45) is 1.84. The zero-order valence-electron chi connectivity index (χ0n) is 11.7. The van der Waals surface area contributed by atoms with Crippen LogP contribution in [0.1, 0.15) is 12.6 Å². The van der Waals surface area contributed by atoms with Gasteiger partial charge in [0.15, 0.2) is 5.16 Å².